The number of esters is 1. The van der Waals surface area contributed by atoms with Crippen LogP contribution in [0, 0.1) is 0 Å². The Bertz CT molecular complexity index is 607. The Hall–Kier alpha value is -2.83. The smallest absolute Gasteiger partial charge is 0.407 e. The fourth-order valence-electron chi connectivity index (χ4n) is 1.69. The molecule has 1 aromatic rings. The van der Waals surface area contributed by atoms with Crippen molar-refractivity contribution in [3.63, 3.8) is 0 Å². The average Bonchev–Trinajstić information content (AvgIpc) is 2.56. The fourth-order valence-corrected chi connectivity index (χ4v) is 1.69. The van der Waals surface area contributed by atoms with Crippen molar-refractivity contribution >= 4 is 18.0 Å². The molecule has 0 aliphatic rings. The quantitative estimate of drug-likeness (QED) is 0.586. The lowest BCUT2D eigenvalue weighted by atomic mass is 10.2. The van der Waals surface area contributed by atoms with Crippen LogP contribution in [-0.4, -0.2) is 31.1 Å². The Balaban J connectivity index is 2.40. The van der Waals surface area contributed by atoms with Gasteiger partial charge in [0.1, 0.15) is 18.8 Å². The van der Waals surface area contributed by atoms with Crippen LogP contribution in [0.5, 0.6) is 0 Å². The number of ether oxygens (including phenoxy) is 2. The third-order valence-corrected chi connectivity index (χ3v) is 2.85. The molecule has 0 aromatic heterocycles. The van der Waals surface area contributed by atoms with Crippen molar-refractivity contribution in [1.82, 2.24) is 10.6 Å². The van der Waals surface area contributed by atoms with Crippen LogP contribution in [0.25, 0.3) is 0 Å². The maximum atomic E-state index is 11.8. The second-order valence-corrected chi connectivity index (χ2v) is 5.06. The summed E-state index contributed by atoms with van der Waals surface area (Å²) in [6.07, 6.45) is -0.719. The van der Waals surface area contributed by atoms with Gasteiger partial charge in [-0.2, -0.15) is 0 Å². The molecule has 7 nitrogen and oxygen atoms in total. The van der Waals surface area contributed by atoms with Gasteiger partial charge in [0.2, 0.25) is 5.91 Å². The molecule has 1 rings (SSSR count). The van der Waals surface area contributed by atoms with Gasteiger partial charge in [-0.3, -0.25) is 4.79 Å². The monoisotopic (exact) mass is 334 g/mol. The van der Waals surface area contributed by atoms with Crippen LogP contribution in [0.4, 0.5) is 4.79 Å². The van der Waals surface area contributed by atoms with E-state index in [1.807, 2.05) is 30.3 Å². The molecule has 2 N–H and O–H groups in total. The van der Waals surface area contributed by atoms with Gasteiger partial charge in [-0.05, 0) is 31.9 Å². The Morgan fingerprint density at radius 2 is 1.71 bits per heavy atom. The van der Waals surface area contributed by atoms with Crippen LogP contribution < -0.4 is 10.6 Å². The third-order valence-electron chi connectivity index (χ3n) is 2.85. The Morgan fingerprint density at radius 3 is 2.29 bits per heavy atom. The predicted molar refractivity (Wildman–Crippen MR) is 87.8 cm³/mol. The minimum atomic E-state index is -0.719. The number of benzene rings is 1. The maximum absolute atomic E-state index is 11.8. The highest BCUT2D eigenvalue weighted by Gasteiger charge is 2.16. The van der Waals surface area contributed by atoms with Crippen molar-refractivity contribution in [3.8, 4) is 0 Å². The van der Waals surface area contributed by atoms with Gasteiger partial charge in [0, 0.05) is 0 Å². The molecule has 0 heterocycles. The van der Waals surface area contributed by atoms with Crippen LogP contribution in [0.2, 0.25) is 0 Å². The molecule has 130 valence electrons. The van der Waals surface area contributed by atoms with E-state index in [1.165, 1.54) is 0 Å². The summed E-state index contributed by atoms with van der Waals surface area (Å²) in [5, 5.41) is 4.75. The minimum Gasteiger partial charge on any atom is -0.461 e. The number of allylic oxidation sites excluding steroid dienone is 1. The van der Waals surface area contributed by atoms with Gasteiger partial charge in [0.05, 0.1) is 6.61 Å². The molecule has 2 amide bonds. The van der Waals surface area contributed by atoms with Crippen molar-refractivity contribution < 1.29 is 23.9 Å². The molecule has 0 saturated carbocycles. The van der Waals surface area contributed by atoms with Crippen LogP contribution in [0.1, 0.15) is 26.3 Å². The molecular formula is C17H22N2O5. The van der Waals surface area contributed by atoms with E-state index >= 15 is 0 Å². The Kier molecular flexibility index (Phi) is 8.04. The first kappa shape index (κ1) is 19.2. The SMILES string of the molecule is CCOC(=O)C(NC(=O)CNC(=O)OCc1ccccc1)=C(C)C. The van der Waals surface area contributed by atoms with E-state index in [0.29, 0.717) is 5.57 Å². The second kappa shape index (κ2) is 10.0. The van der Waals surface area contributed by atoms with Gasteiger partial charge in [0.15, 0.2) is 0 Å². The van der Waals surface area contributed by atoms with E-state index in [9.17, 15) is 14.4 Å². The lowest BCUT2D eigenvalue weighted by Gasteiger charge is -2.11. The van der Waals surface area contributed by atoms with Crippen LogP contribution >= 0.6 is 0 Å². The highest BCUT2D eigenvalue weighted by molar-refractivity contribution is 5.95. The van der Waals surface area contributed by atoms with Crippen LogP contribution in [0.3, 0.4) is 0 Å². The molecule has 0 saturated heterocycles. The van der Waals surface area contributed by atoms with Gasteiger partial charge >= 0.3 is 12.1 Å². The summed E-state index contributed by atoms with van der Waals surface area (Å²) in [4.78, 5) is 35.1. The van der Waals surface area contributed by atoms with E-state index < -0.39 is 18.0 Å². The number of alkyl carbamates (subject to hydrolysis) is 1. The molecule has 0 spiro atoms. The minimum absolute atomic E-state index is 0.0707. The number of nitrogens with one attached hydrogen (secondary N) is 2. The zero-order chi connectivity index (χ0) is 17.9. The number of amides is 2. The molecule has 1 aromatic carbocycles. The predicted octanol–water partition coefficient (Wildman–Crippen LogP) is 1.89. The molecular weight excluding hydrogens is 312 g/mol. The van der Waals surface area contributed by atoms with Gasteiger partial charge in [0.25, 0.3) is 0 Å². The summed E-state index contributed by atoms with van der Waals surface area (Å²) in [5.74, 6) is -1.16. The van der Waals surface area contributed by atoms with Gasteiger partial charge in [-0.15, -0.1) is 0 Å². The number of rotatable bonds is 7. The van der Waals surface area contributed by atoms with E-state index in [0.717, 1.165) is 5.56 Å². The highest BCUT2D eigenvalue weighted by Crippen LogP contribution is 2.02. The Labute approximate surface area is 141 Å². The third kappa shape index (κ3) is 6.95. The maximum Gasteiger partial charge on any atom is 0.407 e. The number of hydrogen-bond donors (Lipinski definition) is 2. The Morgan fingerprint density at radius 1 is 1.04 bits per heavy atom. The molecule has 0 radical (unpaired) electrons. The summed E-state index contributed by atoms with van der Waals surface area (Å²) < 4.78 is 9.84. The number of hydrogen-bond acceptors (Lipinski definition) is 5. The molecule has 0 fully saturated rings. The van der Waals surface area contributed by atoms with Crippen molar-refractivity contribution in [2.75, 3.05) is 13.2 Å². The summed E-state index contributed by atoms with van der Waals surface area (Å²) in [6.45, 7) is 5.02. The van der Waals surface area contributed by atoms with Gasteiger partial charge in [-0.1, -0.05) is 30.3 Å². The molecule has 0 atom stereocenters. The first-order chi connectivity index (χ1) is 11.4. The van der Waals surface area contributed by atoms with E-state index in [-0.39, 0.29) is 25.5 Å². The van der Waals surface area contributed by atoms with Crippen molar-refractivity contribution in [2.45, 2.75) is 27.4 Å². The summed E-state index contributed by atoms with van der Waals surface area (Å²) in [5.41, 5.74) is 1.51. The van der Waals surface area contributed by atoms with E-state index in [4.69, 9.17) is 9.47 Å². The topological polar surface area (TPSA) is 93.7 Å². The van der Waals surface area contributed by atoms with Crippen molar-refractivity contribution in [1.29, 1.82) is 0 Å². The van der Waals surface area contributed by atoms with Crippen molar-refractivity contribution in [2.24, 2.45) is 0 Å². The molecule has 0 aliphatic carbocycles. The summed E-state index contributed by atoms with van der Waals surface area (Å²) in [6, 6.07) is 9.17. The molecule has 0 aliphatic heterocycles. The molecule has 0 bridgehead atoms. The zero-order valence-corrected chi connectivity index (χ0v) is 14.0. The number of carbonyl (C=O) groups is 3. The van der Waals surface area contributed by atoms with E-state index in [1.54, 1.807) is 20.8 Å². The molecule has 0 unspecified atom stereocenters. The normalized spacial score (nSPS) is 9.62. The van der Waals surface area contributed by atoms with Crippen LogP contribution in [-0.2, 0) is 25.7 Å². The summed E-state index contributed by atoms with van der Waals surface area (Å²) >= 11 is 0. The van der Waals surface area contributed by atoms with Crippen molar-refractivity contribution in [3.05, 3.63) is 47.2 Å². The molecule has 7 heteroatoms. The van der Waals surface area contributed by atoms with E-state index in [2.05, 4.69) is 10.6 Å². The van der Waals surface area contributed by atoms with Crippen LogP contribution in [0.15, 0.2) is 41.6 Å². The molecule has 24 heavy (non-hydrogen) atoms. The fraction of sp³-hybridized carbons (Fsp3) is 0.353. The first-order valence-corrected chi connectivity index (χ1v) is 7.53. The second-order valence-electron chi connectivity index (χ2n) is 5.06. The lowest BCUT2D eigenvalue weighted by molar-refractivity contribution is -0.140. The van der Waals surface area contributed by atoms with Gasteiger partial charge in [-0.25, -0.2) is 9.59 Å². The van der Waals surface area contributed by atoms with Gasteiger partial charge < -0.3 is 20.1 Å². The zero-order valence-electron chi connectivity index (χ0n) is 14.0. The largest absolute Gasteiger partial charge is 0.461 e. The standard InChI is InChI=1S/C17H22N2O5/c1-4-23-16(21)15(12(2)3)19-14(20)10-18-17(22)24-11-13-8-6-5-7-9-13/h5-9H,4,10-11H2,1-3H3,(H,18,22)(H,19,20). The first-order valence-electron chi connectivity index (χ1n) is 7.53. The number of carbonyl (C=O) groups excluding carboxylic acids is 3. The average molecular weight is 334 g/mol. The highest BCUT2D eigenvalue weighted by atomic mass is 16.5. The summed E-state index contributed by atoms with van der Waals surface area (Å²) in [7, 11) is 0. The lowest BCUT2D eigenvalue weighted by Crippen LogP contribution is -2.38.